The molecule has 0 saturated heterocycles. The minimum atomic E-state index is -0.133. The zero-order valence-corrected chi connectivity index (χ0v) is 21.7. The zero-order chi connectivity index (χ0) is 24.9. The van der Waals surface area contributed by atoms with Gasteiger partial charge in [0.05, 0.1) is 5.02 Å². The highest BCUT2D eigenvalue weighted by Gasteiger charge is 2.23. The summed E-state index contributed by atoms with van der Waals surface area (Å²) < 4.78 is 1.05. The molecule has 36 heavy (non-hydrogen) atoms. The van der Waals surface area contributed by atoms with Crippen molar-refractivity contribution in [2.75, 3.05) is 6.54 Å². The number of fused-ring (bicyclic) bond motifs is 1. The first kappa shape index (κ1) is 24.7. The van der Waals surface area contributed by atoms with Crippen LogP contribution in [0.2, 0.25) is 5.02 Å². The average molecular weight is 516 g/mol. The summed E-state index contributed by atoms with van der Waals surface area (Å²) >= 11 is 8.22. The zero-order valence-electron chi connectivity index (χ0n) is 20.2. The lowest BCUT2D eigenvalue weighted by atomic mass is 9.81. The normalized spacial score (nSPS) is 17.7. The van der Waals surface area contributed by atoms with E-state index in [1.807, 2.05) is 30.3 Å². The number of nitrogens with one attached hydrogen (secondary N) is 2. The molecule has 0 spiro atoms. The Morgan fingerprint density at radius 2 is 1.86 bits per heavy atom. The number of thiophene rings is 1. The van der Waals surface area contributed by atoms with Crippen LogP contribution >= 0.6 is 22.9 Å². The lowest BCUT2D eigenvalue weighted by Crippen LogP contribution is -2.32. The number of benzene rings is 2. The topological polar surface area (TPSA) is 54.0 Å². The molecule has 0 unspecified atom stereocenters. The number of rotatable bonds is 8. The van der Waals surface area contributed by atoms with Crippen LogP contribution in [0.15, 0.2) is 79.6 Å². The first-order valence-corrected chi connectivity index (χ1v) is 13.7. The molecule has 2 aromatic heterocycles. The number of carbonyl (C=O) groups is 1. The second-order valence-electron chi connectivity index (χ2n) is 9.37. The molecule has 4 nitrogen and oxygen atoms in total. The van der Waals surface area contributed by atoms with Crippen LogP contribution in [0.25, 0.3) is 21.2 Å². The van der Waals surface area contributed by atoms with Gasteiger partial charge >= 0.3 is 0 Å². The third-order valence-corrected chi connectivity index (χ3v) is 8.68. The Bertz CT molecular complexity index is 1360. The summed E-state index contributed by atoms with van der Waals surface area (Å²) in [6.45, 7) is 5.11. The van der Waals surface area contributed by atoms with Crippen LogP contribution in [0.1, 0.15) is 52.4 Å². The lowest BCUT2D eigenvalue weighted by molar-refractivity contribution is 0.0955. The first-order valence-electron chi connectivity index (χ1n) is 12.5. The van der Waals surface area contributed by atoms with E-state index in [4.69, 9.17) is 11.6 Å². The van der Waals surface area contributed by atoms with Crippen LogP contribution in [0.3, 0.4) is 0 Å². The Morgan fingerprint density at radius 1 is 1.06 bits per heavy atom. The molecule has 0 bridgehead atoms. The molecule has 2 aromatic carbocycles. The van der Waals surface area contributed by atoms with Gasteiger partial charge in [0.1, 0.15) is 4.88 Å². The number of hydrogen-bond acceptors (Lipinski definition) is 4. The maximum atomic E-state index is 13.1. The summed E-state index contributed by atoms with van der Waals surface area (Å²) in [5, 5.41) is 8.14. The van der Waals surface area contributed by atoms with Crippen molar-refractivity contribution in [3.63, 3.8) is 0 Å². The summed E-state index contributed by atoms with van der Waals surface area (Å²) in [4.78, 5) is 17.7. The molecule has 0 aliphatic heterocycles. The van der Waals surface area contributed by atoms with Crippen molar-refractivity contribution in [1.29, 1.82) is 0 Å². The summed E-state index contributed by atoms with van der Waals surface area (Å²) in [5.74, 6) is 0.406. The molecule has 0 atom stereocenters. The van der Waals surface area contributed by atoms with E-state index in [1.54, 1.807) is 12.4 Å². The van der Waals surface area contributed by atoms with Crippen LogP contribution in [-0.2, 0) is 6.54 Å². The number of aromatic nitrogens is 1. The van der Waals surface area contributed by atoms with Gasteiger partial charge in [-0.2, -0.15) is 0 Å². The fourth-order valence-corrected chi connectivity index (χ4v) is 6.44. The fourth-order valence-electron chi connectivity index (χ4n) is 5.03. The second kappa shape index (κ2) is 11.4. The van der Waals surface area contributed by atoms with Crippen molar-refractivity contribution in [3.05, 3.63) is 101 Å². The van der Waals surface area contributed by atoms with E-state index in [9.17, 15) is 4.79 Å². The molecular weight excluding hydrogens is 486 g/mol. The van der Waals surface area contributed by atoms with Crippen molar-refractivity contribution < 1.29 is 4.79 Å². The molecule has 1 fully saturated rings. The number of amides is 1. The highest BCUT2D eigenvalue weighted by Crippen LogP contribution is 2.40. The SMILES string of the molecule is C=CCNC1CCC(c2ccc3sc(C(=O)NCc4cccc(-c5ccncc5)c4)c(Cl)c3c2)CC1. The summed E-state index contributed by atoms with van der Waals surface area (Å²) in [6.07, 6.45) is 10.2. The first-order chi connectivity index (χ1) is 17.6. The molecule has 1 amide bonds. The number of pyridine rings is 1. The number of nitrogens with zero attached hydrogens (tertiary/aromatic N) is 1. The lowest BCUT2D eigenvalue weighted by Gasteiger charge is -2.29. The van der Waals surface area contributed by atoms with Gasteiger partial charge in [0.15, 0.2) is 0 Å². The van der Waals surface area contributed by atoms with E-state index in [0.29, 0.717) is 28.4 Å². The number of carbonyl (C=O) groups excluding carboxylic acids is 1. The molecule has 1 saturated carbocycles. The molecule has 2 N–H and O–H groups in total. The summed E-state index contributed by atoms with van der Waals surface area (Å²) in [7, 11) is 0. The van der Waals surface area contributed by atoms with E-state index >= 15 is 0 Å². The van der Waals surface area contributed by atoms with Gasteiger partial charge in [-0.3, -0.25) is 9.78 Å². The highest BCUT2D eigenvalue weighted by atomic mass is 35.5. The predicted octanol–water partition coefficient (Wildman–Crippen LogP) is 7.35. The molecule has 5 rings (SSSR count). The molecule has 2 heterocycles. The van der Waals surface area contributed by atoms with Crippen molar-refractivity contribution >= 4 is 38.9 Å². The summed E-state index contributed by atoms with van der Waals surface area (Å²) in [6, 6.07) is 19.3. The number of halogens is 1. The summed E-state index contributed by atoms with van der Waals surface area (Å²) in [5.41, 5.74) is 4.56. The van der Waals surface area contributed by atoms with Gasteiger partial charge in [0.2, 0.25) is 0 Å². The van der Waals surface area contributed by atoms with E-state index in [-0.39, 0.29) is 5.91 Å². The van der Waals surface area contributed by atoms with E-state index < -0.39 is 0 Å². The Kier molecular flexibility index (Phi) is 7.81. The second-order valence-corrected chi connectivity index (χ2v) is 10.8. The minimum absolute atomic E-state index is 0.133. The minimum Gasteiger partial charge on any atom is -0.347 e. The average Bonchev–Trinajstić information content (AvgIpc) is 3.27. The van der Waals surface area contributed by atoms with Gasteiger partial charge < -0.3 is 10.6 Å². The molecule has 4 aromatic rings. The van der Waals surface area contributed by atoms with E-state index in [1.165, 1.54) is 29.7 Å². The van der Waals surface area contributed by atoms with Gasteiger partial charge in [0, 0.05) is 41.6 Å². The van der Waals surface area contributed by atoms with Crippen LogP contribution in [-0.4, -0.2) is 23.5 Å². The van der Waals surface area contributed by atoms with Crippen LogP contribution in [0.5, 0.6) is 0 Å². The van der Waals surface area contributed by atoms with E-state index in [0.717, 1.165) is 46.2 Å². The highest BCUT2D eigenvalue weighted by molar-refractivity contribution is 7.21. The fraction of sp³-hybridized carbons (Fsp3) is 0.267. The Hall–Kier alpha value is -2.99. The van der Waals surface area contributed by atoms with Gasteiger partial charge in [-0.25, -0.2) is 0 Å². The van der Waals surface area contributed by atoms with Crippen LogP contribution in [0.4, 0.5) is 0 Å². The maximum Gasteiger partial charge on any atom is 0.263 e. The Morgan fingerprint density at radius 3 is 2.64 bits per heavy atom. The molecule has 1 aliphatic rings. The van der Waals surface area contributed by atoms with Crippen molar-refractivity contribution in [2.45, 2.75) is 44.2 Å². The van der Waals surface area contributed by atoms with Crippen molar-refractivity contribution in [2.24, 2.45) is 0 Å². The third-order valence-electron chi connectivity index (χ3n) is 7.00. The van der Waals surface area contributed by atoms with Gasteiger partial charge in [0.25, 0.3) is 5.91 Å². The van der Waals surface area contributed by atoms with Crippen molar-refractivity contribution in [1.82, 2.24) is 15.6 Å². The monoisotopic (exact) mass is 515 g/mol. The molecule has 184 valence electrons. The molecular formula is C30H30ClN3OS. The number of hydrogen-bond donors (Lipinski definition) is 2. The quantitative estimate of drug-likeness (QED) is 0.241. The maximum absolute atomic E-state index is 13.1. The predicted molar refractivity (Wildman–Crippen MR) is 151 cm³/mol. The standard InChI is InChI=1S/C30H30ClN3OS/c1-2-14-33-25-9-6-21(7-10-25)24-8-11-27-26(18-24)28(31)29(36-27)30(35)34-19-20-4-3-5-23(17-20)22-12-15-32-16-13-22/h2-5,8,11-13,15-18,21,25,33H,1,6-7,9-10,14,19H2,(H,34,35). The van der Waals surface area contributed by atoms with Crippen LogP contribution < -0.4 is 10.6 Å². The van der Waals surface area contributed by atoms with Gasteiger partial charge in [-0.15, -0.1) is 17.9 Å². The molecule has 1 aliphatic carbocycles. The van der Waals surface area contributed by atoms with Gasteiger partial charge in [-0.1, -0.05) is 41.9 Å². The smallest absolute Gasteiger partial charge is 0.263 e. The van der Waals surface area contributed by atoms with Gasteiger partial charge in [-0.05, 0) is 84.2 Å². The Labute approximate surface area is 221 Å². The molecule has 0 radical (unpaired) electrons. The van der Waals surface area contributed by atoms with Crippen LogP contribution in [0, 0.1) is 0 Å². The largest absolute Gasteiger partial charge is 0.347 e. The van der Waals surface area contributed by atoms with Crippen molar-refractivity contribution in [3.8, 4) is 11.1 Å². The molecule has 6 heteroatoms. The third kappa shape index (κ3) is 5.54. The van der Waals surface area contributed by atoms with E-state index in [2.05, 4.69) is 52.5 Å². The Balaban J connectivity index is 1.26.